The minimum atomic E-state index is -0.622. The molecule has 0 saturated carbocycles. The zero-order valence-electron chi connectivity index (χ0n) is 16.7. The van der Waals surface area contributed by atoms with Gasteiger partial charge in [-0.15, -0.1) is 5.10 Å². The Morgan fingerprint density at radius 1 is 1.03 bits per heavy atom. The lowest BCUT2D eigenvalue weighted by atomic mass is 9.82. The van der Waals surface area contributed by atoms with E-state index in [1.165, 1.54) is 0 Å². The van der Waals surface area contributed by atoms with Gasteiger partial charge >= 0.3 is 0 Å². The molecule has 1 aromatic heterocycles. The third-order valence-electron chi connectivity index (χ3n) is 5.04. The predicted octanol–water partition coefficient (Wildman–Crippen LogP) is 3.32. The van der Waals surface area contributed by atoms with Crippen molar-refractivity contribution in [2.24, 2.45) is 5.73 Å². The Bertz CT molecular complexity index is 1140. The van der Waals surface area contributed by atoms with Crippen LogP contribution >= 0.6 is 0 Å². The Hall–Kier alpha value is -4.12. The highest BCUT2D eigenvalue weighted by molar-refractivity contribution is 5.73. The molecule has 0 spiro atoms. The first-order valence-corrected chi connectivity index (χ1v) is 9.14. The molecular formula is C22H20N4O4. The van der Waals surface area contributed by atoms with Gasteiger partial charge in [0, 0.05) is 17.7 Å². The van der Waals surface area contributed by atoms with E-state index < -0.39 is 5.92 Å². The molecular weight excluding hydrogens is 384 g/mol. The molecule has 152 valence electrons. The lowest BCUT2D eigenvalue weighted by Gasteiger charge is -2.27. The first-order valence-electron chi connectivity index (χ1n) is 9.14. The first-order chi connectivity index (χ1) is 14.6. The van der Waals surface area contributed by atoms with Crippen LogP contribution in [0, 0.1) is 11.3 Å². The second-order valence-corrected chi connectivity index (χ2v) is 6.55. The van der Waals surface area contributed by atoms with Crippen molar-refractivity contribution in [3.05, 3.63) is 65.0 Å². The van der Waals surface area contributed by atoms with Gasteiger partial charge in [0.05, 0.1) is 38.5 Å². The Kier molecular flexibility index (Phi) is 4.94. The number of nitrogens with two attached hydrogens (primary N) is 1. The van der Waals surface area contributed by atoms with Gasteiger partial charge in [-0.05, 0) is 5.56 Å². The highest BCUT2D eigenvalue weighted by Gasteiger charge is 2.39. The van der Waals surface area contributed by atoms with Gasteiger partial charge in [0.2, 0.25) is 11.8 Å². The van der Waals surface area contributed by atoms with Gasteiger partial charge < -0.3 is 24.7 Å². The van der Waals surface area contributed by atoms with Gasteiger partial charge in [0.1, 0.15) is 28.9 Å². The largest absolute Gasteiger partial charge is 0.496 e. The fourth-order valence-corrected chi connectivity index (χ4v) is 3.68. The summed E-state index contributed by atoms with van der Waals surface area (Å²) in [5.41, 5.74) is 9.25. The molecule has 1 aliphatic heterocycles. The lowest BCUT2D eigenvalue weighted by molar-refractivity contribution is 0.358. The van der Waals surface area contributed by atoms with Crippen molar-refractivity contribution in [1.29, 1.82) is 5.26 Å². The van der Waals surface area contributed by atoms with Crippen LogP contribution in [0.15, 0.2) is 53.9 Å². The van der Waals surface area contributed by atoms with Crippen LogP contribution in [0.1, 0.15) is 17.0 Å². The summed E-state index contributed by atoms with van der Waals surface area (Å²) >= 11 is 0. The van der Waals surface area contributed by atoms with E-state index in [1.54, 1.807) is 33.5 Å². The number of rotatable bonds is 5. The van der Waals surface area contributed by atoms with Crippen molar-refractivity contribution in [3.8, 4) is 40.5 Å². The van der Waals surface area contributed by atoms with E-state index in [1.807, 2.05) is 30.3 Å². The summed E-state index contributed by atoms with van der Waals surface area (Å²) in [5.74, 6) is 1.21. The van der Waals surface area contributed by atoms with Gasteiger partial charge in [0.25, 0.3) is 0 Å². The molecule has 30 heavy (non-hydrogen) atoms. The molecule has 0 amide bonds. The predicted molar refractivity (Wildman–Crippen MR) is 109 cm³/mol. The number of nitrogens with zero attached hydrogens (tertiary/aromatic N) is 2. The molecule has 0 aliphatic carbocycles. The molecule has 3 N–H and O–H groups in total. The molecule has 0 fully saturated rings. The minimum absolute atomic E-state index is 0.0129. The number of H-pyrrole nitrogens is 1. The van der Waals surface area contributed by atoms with Crippen LogP contribution in [0.3, 0.4) is 0 Å². The number of aromatic amines is 1. The van der Waals surface area contributed by atoms with Crippen LogP contribution in [0.25, 0.3) is 11.3 Å². The molecule has 3 aromatic rings. The normalized spacial score (nSPS) is 15.1. The van der Waals surface area contributed by atoms with Crippen molar-refractivity contribution in [3.63, 3.8) is 0 Å². The molecule has 8 heteroatoms. The number of hydrogen-bond donors (Lipinski definition) is 2. The maximum atomic E-state index is 9.94. The van der Waals surface area contributed by atoms with Crippen LogP contribution in [0.2, 0.25) is 0 Å². The second kappa shape index (κ2) is 7.72. The zero-order valence-corrected chi connectivity index (χ0v) is 16.7. The Balaban J connectivity index is 2.04. The van der Waals surface area contributed by atoms with E-state index in [0.717, 1.165) is 11.3 Å². The summed E-state index contributed by atoms with van der Waals surface area (Å²) in [4.78, 5) is 0. The van der Waals surface area contributed by atoms with E-state index in [0.29, 0.717) is 34.3 Å². The maximum Gasteiger partial charge on any atom is 0.244 e. The fourth-order valence-electron chi connectivity index (χ4n) is 3.68. The lowest BCUT2D eigenvalue weighted by Crippen LogP contribution is -2.21. The molecule has 8 nitrogen and oxygen atoms in total. The quantitative estimate of drug-likeness (QED) is 0.670. The van der Waals surface area contributed by atoms with E-state index in [4.69, 9.17) is 24.7 Å². The summed E-state index contributed by atoms with van der Waals surface area (Å²) in [6.07, 6.45) is 0. The summed E-state index contributed by atoms with van der Waals surface area (Å²) in [7, 11) is 4.65. The third kappa shape index (κ3) is 2.97. The number of nitrogens with one attached hydrogen (secondary N) is 1. The summed E-state index contributed by atoms with van der Waals surface area (Å²) < 4.78 is 22.3. The van der Waals surface area contributed by atoms with Gasteiger partial charge in [0.15, 0.2) is 0 Å². The van der Waals surface area contributed by atoms with Crippen LogP contribution in [-0.2, 0) is 0 Å². The van der Waals surface area contributed by atoms with E-state index in [2.05, 4.69) is 16.3 Å². The highest BCUT2D eigenvalue weighted by atomic mass is 16.5. The number of ether oxygens (including phenoxy) is 4. The van der Waals surface area contributed by atoms with Crippen molar-refractivity contribution in [2.45, 2.75) is 5.92 Å². The minimum Gasteiger partial charge on any atom is -0.496 e. The van der Waals surface area contributed by atoms with Gasteiger partial charge in [-0.2, -0.15) is 5.26 Å². The van der Waals surface area contributed by atoms with Crippen molar-refractivity contribution in [2.75, 3.05) is 21.3 Å². The topological polar surface area (TPSA) is 115 Å². The van der Waals surface area contributed by atoms with Crippen molar-refractivity contribution < 1.29 is 18.9 Å². The van der Waals surface area contributed by atoms with Crippen LogP contribution in [-0.4, -0.2) is 31.5 Å². The number of aromatic nitrogens is 2. The summed E-state index contributed by atoms with van der Waals surface area (Å²) in [5, 5.41) is 17.3. The van der Waals surface area contributed by atoms with E-state index in [9.17, 15) is 5.26 Å². The van der Waals surface area contributed by atoms with Gasteiger partial charge in [-0.1, -0.05) is 30.3 Å². The number of fused-ring (bicyclic) bond motifs is 1. The molecule has 0 saturated heterocycles. The van der Waals surface area contributed by atoms with Crippen LogP contribution < -0.4 is 24.7 Å². The highest BCUT2D eigenvalue weighted by Crippen LogP contribution is 2.51. The fraction of sp³-hybridized carbons (Fsp3) is 0.182. The smallest absolute Gasteiger partial charge is 0.244 e. The Morgan fingerprint density at radius 2 is 1.70 bits per heavy atom. The van der Waals surface area contributed by atoms with E-state index >= 15 is 0 Å². The molecule has 2 heterocycles. The molecule has 1 atom stereocenters. The van der Waals surface area contributed by atoms with Crippen molar-refractivity contribution in [1.82, 2.24) is 10.2 Å². The third-order valence-corrected chi connectivity index (χ3v) is 5.04. The molecule has 1 aliphatic rings. The molecule has 0 radical (unpaired) electrons. The summed E-state index contributed by atoms with van der Waals surface area (Å²) in [6, 6.07) is 15.3. The number of nitriles is 1. The van der Waals surface area contributed by atoms with Crippen molar-refractivity contribution >= 4 is 0 Å². The average molecular weight is 404 g/mol. The maximum absolute atomic E-state index is 9.94. The molecule has 2 aromatic carbocycles. The van der Waals surface area contributed by atoms with E-state index in [-0.39, 0.29) is 11.5 Å². The Morgan fingerprint density at radius 3 is 2.27 bits per heavy atom. The zero-order chi connectivity index (χ0) is 21.3. The number of hydrogen-bond acceptors (Lipinski definition) is 7. The Labute approximate surface area is 173 Å². The van der Waals surface area contributed by atoms with Crippen LogP contribution in [0.4, 0.5) is 0 Å². The number of allylic oxidation sites excluding steroid dienone is 1. The molecule has 4 rings (SSSR count). The molecule has 0 bridgehead atoms. The summed E-state index contributed by atoms with van der Waals surface area (Å²) in [6.45, 7) is 0. The van der Waals surface area contributed by atoms with Gasteiger partial charge in [-0.25, -0.2) is 0 Å². The standard InChI is InChI=1S/C22H20N4O4/c1-27-13-9-15(28-2)18(16(10-13)29-3)17-14(11-23)21(24)30-22-19(17)20(25-26-22)12-7-5-4-6-8-12/h4-10,17H,24H2,1-3H3,(H,25,26). The average Bonchev–Trinajstić information content (AvgIpc) is 3.21. The first kappa shape index (κ1) is 19.2. The second-order valence-electron chi connectivity index (χ2n) is 6.55. The number of methoxy groups -OCH3 is 3. The molecule has 1 unspecified atom stereocenters. The van der Waals surface area contributed by atoms with Gasteiger partial charge in [-0.3, -0.25) is 5.10 Å². The van der Waals surface area contributed by atoms with Crippen LogP contribution in [0.5, 0.6) is 23.1 Å². The SMILES string of the molecule is COc1cc(OC)c(C2C(C#N)=C(N)Oc3n[nH]c(-c4ccccc4)c32)c(OC)c1. The monoisotopic (exact) mass is 404 g/mol. The number of benzene rings is 2.